The molecule has 0 heterocycles. The molecule has 6 heteroatoms. The fraction of sp³-hybridized carbons (Fsp3) is 0.364. The van der Waals surface area contributed by atoms with Crippen molar-refractivity contribution in [3.63, 3.8) is 0 Å². The lowest BCUT2D eigenvalue weighted by Crippen LogP contribution is -2.51. The monoisotopic (exact) mass is 386 g/mol. The van der Waals surface area contributed by atoms with Gasteiger partial charge >= 0.3 is 0 Å². The Morgan fingerprint density at radius 3 is 1.79 bits per heavy atom. The van der Waals surface area contributed by atoms with Gasteiger partial charge in [-0.3, -0.25) is 14.8 Å². The van der Waals surface area contributed by atoms with Gasteiger partial charge in [0.2, 0.25) is 0 Å². The molecule has 0 aliphatic carbocycles. The lowest BCUT2D eigenvalue weighted by Gasteiger charge is -2.19. The van der Waals surface area contributed by atoms with Crippen LogP contribution < -0.4 is 10.8 Å². The van der Waals surface area contributed by atoms with E-state index in [1.807, 2.05) is 24.3 Å². The number of benzene rings is 2. The van der Waals surface area contributed by atoms with E-state index in [2.05, 4.69) is 38.2 Å². The summed E-state index contributed by atoms with van der Waals surface area (Å²) < 4.78 is 0. The van der Waals surface area contributed by atoms with E-state index in [1.165, 1.54) is 18.0 Å². The predicted molar refractivity (Wildman–Crippen MR) is 110 cm³/mol. The second-order valence-electron chi connectivity index (χ2n) is 7.57. The van der Waals surface area contributed by atoms with Gasteiger partial charge in [-0.15, -0.1) is 0 Å². The van der Waals surface area contributed by atoms with Crippen LogP contribution in [0.15, 0.2) is 48.5 Å². The first-order valence-corrected chi connectivity index (χ1v) is 8.77. The summed E-state index contributed by atoms with van der Waals surface area (Å²) in [5, 5.41) is 20.7. The maximum Gasteiger partial charge on any atom is 0.268 e. The first-order valence-electron chi connectivity index (χ1n) is 8.77. The van der Waals surface area contributed by atoms with Crippen LogP contribution in [-0.2, 0) is 10.2 Å². The van der Waals surface area contributed by atoms with Crippen LogP contribution in [0.25, 0.3) is 11.1 Å². The summed E-state index contributed by atoms with van der Waals surface area (Å²) in [6, 6.07) is 14.0. The first kappa shape index (κ1) is 23.3. The Morgan fingerprint density at radius 1 is 0.929 bits per heavy atom. The lowest BCUT2D eigenvalue weighted by atomic mass is 9.86. The van der Waals surface area contributed by atoms with Gasteiger partial charge < -0.3 is 10.4 Å². The van der Waals surface area contributed by atoms with Gasteiger partial charge in [0.15, 0.2) is 0 Å². The Bertz CT molecular complexity index is 791. The zero-order valence-electron chi connectivity index (χ0n) is 16.0. The molecule has 28 heavy (non-hydrogen) atoms. The van der Waals surface area contributed by atoms with Gasteiger partial charge in [0.1, 0.15) is 6.04 Å². The number of aliphatic hydroxyl groups is 1. The molecule has 0 unspecified atom stereocenters. The highest BCUT2D eigenvalue weighted by Crippen LogP contribution is 2.26. The third kappa shape index (κ3) is 5.65. The molecule has 2 atom stereocenters. The molecule has 6 nitrogen and oxygen atoms in total. The molecule has 0 saturated heterocycles. The number of carbonyl (C=O) groups excluding carboxylic acids is 2. The molecule has 0 aliphatic heterocycles. The second-order valence-corrected chi connectivity index (χ2v) is 7.57. The number of aliphatic hydroxyl groups excluding tert-OH is 1. The van der Waals surface area contributed by atoms with E-state index in [-0.39, 0.29) is 12.8 Å². The zero-order valence-corrected chi connectivity index (χ0v) is 16.0. The minimum atomic E-state index is -1.24. The van der Waals surface area contributed by atoms with E-state index in [1.54, 1.807) is 12.1 Å². The summed E-state index contributed by atoms with van der Waals surface area (Å²) in [5.41, 5.74) is 5.12. The molecule has 0 aromatic heterocycles. The Morgan fingerprint density at radius 2 is 1.39 bits per heavy atom. The SMILES string of the molecule is C.C[C@@H](O)[C@H](NC(=O)c1ccc(-c2ccc(C(C)(C)C)cc2)cc1)C(=O)NO. The van der Waals surface area contributed by atoms with Crippen LogP contribution in [0.2, 0.25) is 0 Å². The Kier molecular flexibility index (Phi) is 7.90. The van der Waals surface area contributed by atoms with Gasteiger partial charge in [0.05, 0.1) is 6.10 Å². The van der Waals surface area contributed by atoms with Crippen molar-refractivity contribution >= 4 is 11.8 Å². The number of carbonyl (C=O) groups is 2. The maximum absolute atomic E-state index is 12.3. The first-order chi connectivity index (χ1) is 12.6. The highest BCUT2D eigenvalue weighted by Gasteiger charge is 2.25. The van der Waals surface area contributed by atoms with Gasteiger partial charge in [-0.1, -0.05) is 64.6 Å². The predicted octanol–water partition coefficient (Wildman–Crippen LogP) is 3.27. The van der Waals surface area contributed by atoms with Crippen LogP contribution in [-0.4, -0.2) is 34.3 Å². The van der Waals surface area contributed by atoms with E-state index in [4.69, 9.17) is 5.21 Å². The van der Waals surface area contributed by atoms with Gasteiger partial charge in [-0.05, 0) is 41.2 Å². The van der Waals surface area contributed by atoms with Gasteiger partial charge in [0.25, 0.3) is 11.8 Å². The third-order valence-corrected chi connectivity index (χ3v) is 4.39. The fourth-order valence-electron chi connectivity index (χ4n) is 2.68. The average Bonchev–Trinajstić information content (AvgIpc) is 2.64. The summed E-state index contributed by atoms with van der Waals surface area (Å²) in [6.45, 7) is 7.83. The molecule has 0 saturated carbocycles. The number of nitrogens with one attached hydrogen (secondary N) is 2. The zero-order chi connectivity index (χ0) is 20.2. The molecule has 0 aliphatic rings. The van der Waals surface area contributed by atoms with Crippen LogP contribution in [0.3, 0.4) is 0 Å². The number of hydrogen-bond donors (Lipinski definition) is 4. The number of rotatable bonds is 5. The van der Waals surface area contributed by atoms with Crippen molar-refractivity contribution in [1.82, 2.24) is 10.8 Å². The van der Waals surface area contributed by atoms with E-state index >= 15 is 0 Å². The quantitative estimate of drug-likeness (QED) is 0.468. The van der Waals surface area contributed by atoms with Crippen molar-refractivity contribution in [2.24, 2.45) is 0 Å². The highest BCUT2D eigenvalue weighted by molar-refractivity contribution is 5.97. The van der Waals surface area contributed by atoms with Crippen LogP contribution in [0, 0.1) is 0 Å². The van der Waals surface area contributed by atoms with Gasteiger partial charge in [-0.2, -0.15) is 0 Å². The molecule has 2 aromatic rings. The molecule has 152 valence electrons. The van der Waals surface area contributed by atoms with Crippen LogP contribution in [0.1, 0.15) is 51.0 Å². The fourth-order valence-corrected chi connectivity index (χ4v) is 2.68. The molecule has 0 bridgehead atoms. The molecule has 2 rings (SSSR count). The van der Waals surface area contributed by atoms with Gasteiger partial charge in [0, 0.05) is 5.56 Å². The summed E-state index contributed by atoms with van der Waals surface area (Å²) in [7, 11) is 0. The van der Waals surface area contributed by atoms with Crippen LogP contribution in [0.4, 0.5) is 0 Å². The molecule has 4 N–H and O–H groups in total. The Balaban J connectivity index is 0.00000392. The van der Waals surface area contributed by atoms with Crippen molar-refractivity contribution in [1.29, 1.82) is 0 Å². The number of hydroxylamine groups is 1. The Hall–Kier alpha value is -2.70. The van der Waals surface area contributed by atoms with E-state index in [9.17, 15) is 14.7 Å². The molecular formula is C22H30N2O4. The molecule has 2 aromatic carbocycles. The molecular weight excluding hydrogens is 356 g/mol. The van der Waals surface area contributed by atoms with Crippen molar-refractivity contribution in [2.75, 3.05) is 0 Å². The normalized spacial score (nSPS) is 13.1. The molecule has 0 radical (unpaired) electrons. The minimum absolute atomic E-state index is 0. The van der Waals surface area contributed by atoms with E-state index in [0.717, 1.165) is 11.1 Å². The molecule has 0 fully saturated rings. The van der Waals surface area contributed by atoms with E-state index < -0.39 is 24.0 Å². The van der Waals surface area contributed by atoms with Crippen molar-refractivity contribution in [3.05, 3.63) is 59.7 Å². The van der Waals surface area contributed by atoms with Crippen molar-refractivity contribution in [3.8, 4) is 11.1 Å². The largest absolute Gasteiger partial charge is 0.391 e. The Labute approximate surface area is 166 Å². The van der Waals surface area contributed by atoms with Crippen molar-refractivity contribution < 1.29 is 19.9 Å². The smallest absolute Gasteiger partial charge is 0.268 e. The lowest BCUT2D eigenvalue weighted by molar-refractivity contribution is -0.133. The standard InChI is InChI=1S/C21H26N2O4.CH4/c1-13(24)18(20(26)23-27)22-19(25)16-7-5-14(6-8-16)15-9-11-17(12-10-15)21(2,3)4;/h5-13,18,24,27H,1-4H3,(H,22,25)(H,23,26);1H4/t13-,18+;/m1./s1. The summed E-state index contributed by atoms with van der Waals surface area (Å²) in [6.07, 6.45) is -1.15. The third-order valence-electron chi connectivity index (χ3n) is 4.39. The van der Waals surface area contributed by atoms with Crippen LogP contribution >= 0.6 is 0 Å². The molecule has 0 spiro atoms. The summed E-state index contributed by atoms with van der Waals surface area (Å²) in [5.74, 6) is -1.40. The summed E-state index contributed by atoms with van der Waals surface area (Å²) >= 11 is 0. The molecule has 2 amide bonds. The number of amides is 2. The summed E-state index contributed by atoms with van der Waals surface area (Å²) in [4.78, 5) is 23.8. The second kappa shape index (κ2) is 9.48. The maximum atomic E-state index is 12.3. The van der Waals surface area contributed by atoms with Gasteiger partial charge in [-0.25, -0.2) is 5.48 Å². The minimum Gasteiger partial charge on any atom is -0.391 e. The number of hydrogen-bond acceptors (Lipinski definition) is 4. The topological polar surface area (TPSA) is 98.7 Å². The average molecular weight is 386 g/mol. The van der Waals surface area contributed by atoms with Crippen molar-refractivity contribution in [2.45, 2.75) is 52.7 Å². The van der Waals surface area contributed by atoms with E-state index in [0.29, 0.717) is 5.56 Å². The highest BCUT2D eigenvalue weighted by atomic mass is 16.5. The van der Waals surface area contributed by atoms with Crippen LogP contribution in [0.5, 0.6) is 0 Å².